The molecule has 1 fully saturated rings. The highest BCUT2D eigenvalue weighted by atomic mass is 16.5. The van der Waals surface area contributed by atoms with Crippen molar-refractivity contribution in [2.45, 2.75) is 32.3 Å². The fourth-order valence-electron chi connectivity index (χ4n) is 3.16. The number of rotatable bonds is 4. The van der Waals surface area contributed by atoms with E-state index in [1.54, 1.807) is 0 Å². The van der Waals surface area contributed by atoms with Crippen LogP contribution in [0, 0.1) is 6.92 Å². The molecule has 0 atom stereocenters. The van der Waals surface area contributed by atoms with Gasteiger partial charge in [0.05, 0.1) is 12.1 Å². The zero-order valence-corrected chi connectivity index (χ0v) is 14.6. The molecule has 7 nitrogen and oxygen atoms in total. The van der Waals surface area contributed by atoms with Crippen LogP contribution in [-0.4, -0.2) is 45.4 Å². The van der Waals surface area contributed by atoms with Gasteiger partial charge in [-0.2, -0.15) is 5.10 Å². The molecule has 3 aromatic rings. The fraction of sp³-hybridized carbons (Fsp3) is 0.368. The van der Waals surface area contributed by atoms with Gasteiger partial charge in [0.1, 0.15) is 11.8 Å². The van der Waals surface area contributed by atoms with E-state index < -0.39 is 0 Å². The summed E-state index contributed by atoms with van der Waals surface area (Å²) in [5, 5.41) is 13.0. The molecule has 1 aliphatic heterocycles. The number of amides is 1. The number of nitrogens with zero attached hydrogens (tertiary/aromatic N) is 4. The Kier molecular flexibility index (Phi) is 4.51. The first-order valence-electron chi connectivity index (χ1n) is 8.77. The van der Waals surface area contributed by atoms with Crippen LogP contribution < -0.4 is 4.74 Å². The number of ether oxygens (including phenoxy) is 1. The zero-order chi connectivity index (χ0) is 17.9. The van der Waals surface area contributed by atoms with Crippen molar-refractivity contribution < 1.29 is 14.1 Å². The van der Waals surface area contributed by atoms with Crippen molar-refractivity contribution in [3.8, 4) is 5.88 Å². The molecule has 0 N–H and O–H groups in total. The average molecular weight is 352 g/mol. The monoisotopic (exact) mass is 352 g/mol. The number of fused-ring (bicyclic) bond motifs is 1. The van der Waals surface area contributed by atoms with Crippen LogP contribution in [0.2, 0.25) is 0 Å². The van der Waals surface area contributed by atoms with Crippen molar-refractivity contribution in [3.63, 3.8) is 0 Å². The molecule has 26 heavy (non-hydrogen) atoms. The maximum Gasteiger partial charge on any atom is 0.233 e. The van der Waals surface area contributed by atoms with Crippen molar-refractivity contribution in [3.05, 3.63) is 47.8 Å². The predicted octanol–water partition coefficient (Wildman–Crippen LogP) is 2.54. The van der Waals surface area contributed by atoms with Crippen LogP contribution in [-0.2, 0) is 11.2 Å². The molecular weight excluding hydrogens is 332 g/mol. The van der Waals surface area contributed by atoms with E-state index >= 15 is 0 Å². The highest BCUT2D eigenvalue weighted by molar-refractivity contribution is 5.86. The van der Waals surface area contributed by atoms with E-state index in [-0.39, 0.29) is 18.4 Å². The number of aryl methyl sites for hydroxylation is 1. The van der Waals surface area contributed by atoms with Crippen LogP contribution in [0.4, 0.5) is 0 Å². The minimum absolute atomic E-state index is 0.0592. The summed E-state index contributed by atoms with van der Waals surface area (Å²) in [4.78, 5) is 14.5. The molecule has 2 aromatic heterocycles. The topological polar surface area (TPSA) is 81.4 Å². The molecule has 0 saturated carbocycles. The highest BCUT2D eigenvalue weighted by Crippen LogP contribution is 2.21. The molecule has 3 heterocycles. The predicted molar refractivity (Wildman–Crippen MR) is 94.7 cm³/mol. The number of carbonyl (C=O) groups excluding carboxylic acids is 1. The molecule has 1 saturated heterocycles. The van der Waals surface area contributed by atoms with Gasteiger partial charge in [-0.05, 0) is 25.1 Å². The number of hydrogen-bond acceptors (Lipinski definition) is 6. The van der Waals surface area contributed by atoms with Crippen molar-refractivity contribution >= 4 is 16.9 Å². The molecule has 1 aromatic carbocycles. The first kappa shape index (κ1) is 16.5. The van der Waals surface area contributed by atoms with Gasteiger partial charge in [-0.1, -0.05) is 17.3 Å². The minimum atomic E-state index is 0.0592. The van der Waals surface area contributed by atoms with Crippen molar-refractivity contribution in [2.24, 2.45) is 0 Å². The zero-order valence-electron chi connectivity index (χ0n) is 14.6. The van der Waals surface area contributed by atoms with E-state index in [0.717, 1.165) is 23.9 Å². The second-order valence-electron chi connectivity index (χ2n) is 6.51. The number of aromatic nitrogens is 3. The smallest absolute Gasteiger partial charge is 0.233 e. The lowest BCUT2D eigenvalue weighted by Gasteiger charge is -2.31. The summed E-state index contributed by atoms with van der Waals surface area (Å²) < 4.78 is 11.1. The summed E-state index contributed by atoms with van der Waals surface area (Å²) in [7, 11) is 0. The van der Waals surface area contributed by atoms with E-state index in [9.17, 15) is 4.79 Å². The number of benzene rings is 1. The summed E-state index contributed by atoms with van der Waals surface area (Å²) in [5.74, 6) is 0.604. The summed E-state index contributed by atoms with van der Waals surface area (Å²) >= 11 is 0. The number of para-hydroxylation sites is 1. The van der Waals surface area contributed by atoms with Gasteiger partial charge in [-0.15, -0.1) is 5.10 Å². The molecule has 4 rings (SSSR count). The molecule has 0 spiro atoms. The molecule has 0 radical (unpaired) electrons. The van der Waals surface area contributed by atoms with Gasteiger partial charge in [-0.3, -0.25) is 4.79 Å². The van der Waals surface area contributed by atoms with Crippen molar-refractivity contribution in [1.82, 2.24) is 20.3 Å². The van der Waals surface area contributed by atoms with Crippen LogP contribution in [0.3, 0.4) is 0 Å². The molecular formula is C19H20N4O3. The Balaban J connectivity index is 1.32. The van der Waals surface area contributed by atoms with E-state index in [0.29, 0.717) is 30.2 Å². The molecule has 1 aliphatic rings. The van der Waals surface area contributed by atoms with Gasteiger partial charge in [0.25, 0.3) is 0 Å². The first-order chi connectivity index (χ1) is 12.7. The minimum Gasteiger partial charge on any atom is -0.473 e. The lowest BCUT2D eigenvalue weighted by molar-refractivity contribution is -0.132. The van der Waals surface area contributed by atoms with Crippen molar-refractivity contribution in [1.29, 1.82) is 0 Å². The highest BCUT2D eigenvalue weighted by Gasteiger charge is 2.25. The van der Waals surface area contributed by atoms with Crippen LogP contribution >= 0.6 is 0 Å². The average Bonchev–Trinajstić information content (AvgIpc) is 3.07. The quantitative estimate of drug-likeness (QED) is 0.718. The standard InChI is InChI=1S/C19H20N4O3/c1-13-6-7-18(21-20-13)25-14-8-10-23(11-9-14)19(24)12-16-15-4-2-3-5-17(15)26-22-16/h2-7,14H,8-12H2,1H3. The molecule has 1 amide bonds. The lowest BCUT2D eigenvalue weighted by atomic mass is 10.1. The normalized spacial score (nSPS) is 15.3. The van der Waals surface area contributed by atoms with Crippen LogP contribution in [0.15, 0.2) is 40.9 Å². The lowest BCUT2D eigenvalue weighted by Crippen LogP contribution is -2.42. The van der Waals surface area contributed by atoms with Gasteiger partial charge in [0.15, 0.2) is 5.58 Å². The third kappa shape index (κ3) is 3.51. The summed E-state index contributed by atoms with van der Waals surface area (Å²) in [6.45, 7) is 3.22. The Morgan fingerprint density at radius 2 is 2.00 bits per heavy atom. The Bertz CT molecular complexity index is 899. The van der Waals surface area contributed by atoms with Gasteiger partial charge >= 0.3 is 0 Å². The second-order valence-corrected chi connectivity index (χ2v) is 6.51. The number of likely N-dealkylation sites (tertiary alicyclic amines) is 1. The Hall–Kier alpha value is -2.96. The van der Waals surface area contributed by atoms with Gasteiger partial charge in [0.2, 0.25) is 11.8 Å². The van der Waals surface area contributed by atoms with Crippen LogP contribution in [0.25, 0.3) is 11.0 Å². The maximum absolute atomic E-state index is 12.6. The fourth-order valence-corrected chi connectivity index (χ4v) is 3.16. The summed E-state index contributed by atoms with van der Waals surface area (Å²) in [6, 6.07) is 11.3. The van der Waals surface area contributed by atoms with Crippen molar-refractivity contribution in [2.75, 3.05) is 13.1 Å². The Morgan fingerprint density at radius 3 is 2.77 bits per heavy atom. The second kappa shape index (κ2) is 7.11. The number of piperidine rings is 1. The number of carbonyl (C=O) groups is 1. The van der Waals surface area contributed by atoms with Crippen LogP contribution in [0.1, 0.15) is 24.2 Å². The maximum atomic E-state index is 12.6. The van der Waals surface area contributed by atoms with Crippen LogP contribution in [0.5, 0.6) is 5.88 Å². The van der Waals surface area contributed by atoms with E-state index in [2.05, 4.69) is 15.4 Å². The summed E-state index contributed by atoms with van der Waals surface area (Å²) in [6.07, 6.45) is 1.87. The van der Waals surface area contributed by atoms with Gasteiger partial charge in [0, 0.05) is 37.4 Å². The van der Waals surface area contributed by atoms with E-state index in [1.807, 2.05) is 48.2 Å². The van der Waals surface area contributed by atoms with Gasteiger partial charge in [-0.25, -0.2) is 0 Å². The Morgan fingerprint density at radius 1 is 1.19 bits per heavy atom. The molecule has 0 bridgehead atoms. The van der Waals surface area contributed by atoms with Gasteiger partial charge < -0.3 is 14.2 Å². The molecule has 0 aliphatic carbocycles. The Labute approximate surface area is 150 Å². The third-order valence-corrected chi connectivity index (χ3v) is 4.63. The molecule has 134 valence electrons. The third-order valence-electron chi connectivity index (χ3n) is 4.63. The van der Waals surface area contributed by atoms with E-state index in [1.165, 1.54) is 0 Å². The largest absolute Gasteiger partial charge is 0.473 e. The molecule has 0 unspecified atom stereocenters. The molecule has 7 heteroatoms. The summed E-state index contributed by atoms with van der Waals surface area (Å²) in [5.41, 5.74) is 2.26. The SMILES string of the molecule is Cc1ccc(OC2CCN(C(=O)Cc3noc4ccccc34)CC2)nn1. The number of hydrogen-bond donors (Lipinski definition) is 0. The first-order valence-corrected chi connectivity index (χ1v) is 8.77. The van der Waals surface area contributed by atoms with E-state index in [4.69, 9.17) is 9.26 Å².